The number of halogens is 1. The van der Waals surface area contributed by atoms with E-state index in [1.54, 1.807) is 7.11 Å². The van der Waals surface area contributed by atoms with E-state index in [0.29, 0.717) is 0 Å². The number of ether oxygens (including phenoxy) is 1. The van der Waals surface area contributed by atoms with Crippen LogP contribution in [0.3, 0.4) is 0 Å². The normalized spacial score (nSPS) is 11.7. The van der Waals surface area contributed by atoms with Crippen molar-refractivity contribution in [1.82, 2.24) is 14.9 Å². The van der Waals surface area contributed by atoms with Gasteiger partial charge in [-0.25, -0.2) is 4.98 Å². The third-order valence-electron chi connectivity index (χ3n) is 2.93. The molecule has 4 nitrogen and oxygen atoms in total. The van der Waals surface area contributed by atoms with E-state index in [4.69, 9.17) is 4.74 Å². The van der Waals surface area contributed by atoms with Crippen molar-refractivity contribution in [3.63, 3.8) is 0 Å². The quantitative estimate of drug-likeness (QED) is 0.927. The number of imidazole rings is 1. The molecule has 0 atom stereocenters. The van der Waals surface area contributed by atoms with E-state index in [9.17, 15) is 0 Å². The van der Waals surface area contributed by atoms with Gasteiger partial charge in [0.2, 0.25) is 0 Å². The number of aromatic nitrogens is 2. The summed E-state index contributed by atoms with van der Waals surface area (Å²) in [4.78, 5) is 4.25. The molecule has 1 N–H and O–H groups in total. The summed E-state index contributed by atoms with van der Waals surface area (Å²) in [6, 6.07) is 6.01. The molecule has 2 rings (SSSR count). The lowest BCUT2D eigenvalue weighted by atomic mass is 10.1. The van der Waals surface area contributed by atoms with Gasteiger partial charge in [0, 0.05) is 24.3 Å². The minimum absolute atomic E-state index is 0.0759. The van der Waals surface area contributed by atoms with Gasteiger partial charge in [0.25, 0.3) is 0 Å². The Morgan fingerprint density at radius 3 is 2.75 bits per heavy atom. The van der Waals surface area contributed by atoms with E-state index < -0.39 is 0 Å². The lowest BCUT2D eigenvalue weighted by Crippen LogP contribution is -2.35. The van der Waals surface area contributed by atoms with Crippen molar-refractivity contribution in [2.24, 2.45) is 0 Å². The summed E-state index contributed by atoms with van der Waals surface area (Å²) in [6.45, 7) is 7.21. The maximum absolute atomic E-state index is 5.34. The van der Waals surface area contributed by atoms with Crippen molar-refractivity contribution in [1.29, 1.82) is 0 Å². The van der Waals surface area contributed by atoms with Gasteiger partial charge in [-0.1, -0.05) is 0 Å². The van der Waals surface area contributed by atoms with E-state index in [1.807, 2.05) is 30.7 Å². The fourth-order valence-corrected chi connectivity index (χ4v) is 2.25. The van der Waals surface area contributed by atoms with Crippen LogP contribution in [0.4, 0.5) is 0 Å². The fraction of sp³-hybridized carbons (Fsp3) is 0.400. The molecule has 1 aromatic heterocycles. The molecule has 1 heterocycles. The van der Waals surface area contributed by atoms with Crippen LogP contribution in [0, 0.1) is 0 Å². The van der Waals surface area contributed by atoms with Crippen LogP contribution in [0.25, 0.3) is 5.69 Å². The van der Waals surface area contributed by atoms with E-state index >= 15 is 0 Å². The van der Waals surface area contributed by atoms with Crippen LogP contribution in [-0.4, -0.2) is 22.2 Å². The zero-order valence-electron chi connectivity index (χ0n) is 12.3. The van der Waals surface area contributed by atoms with Gasteiger partial charge < -0.3 is 14.6 Å². The van der Waals surface area contributed by atoms with E-state index in [-0.39, 0.29) is 5.54 Å². The first kappa shape index (κ1) is 15.1. The Hall–Kier alpha value is -1.33. The number of hydrogen-bond acceptors (Lipinski definition) is 3. The zero-order chi connectivity index (χ0) is 14.8. The molecule has 0 aliphatic heterocycles. The van der Waals surface area contributed by atoms with Crippen LogP contribution < -0.4 is 10.1 Å². The largest absolute Gasteiger partial charge is 0.495 e. The van der Waals surface area contributed by atoms with Gasteiger partial charge in [0.15, 0.2) is 0 Å². The number of hydrogen-bond donors (Lipinski definition) is 1. The molecule has 0 radical (unpaired) electrons. The van der Waals surface area contributed by atoms with Gasteiger partial charge in [-0.2, -0.15) is 0 Å². The maximum atomic E-state index is 5.34. The monoisotopic (exact) mass is 337 g/mol. The van der Waals surface area contributed by atoms with Crippen molar-refractivity contribution < 1.29 is 4.74 Å². The molecule has 0 aliphatic rings. The molecule has 2 aromatic rings. The second-order valence-electron chi connectivity index (χ2n) is 5.68. The number of nitrogens with one attached hydrogen (secondary N) is 1. The molecule has 5 heteroatoms. The third kappa shape index (κ3) is 3.61. The van der Waals surface area contributed by atoms with Gasteiger partial charge >= 0.3 is 0 Å². The van der Waals surface area contributed by atoms with Crippen LogP contribution in [0.2, 0.25) is 0 Å². The Kier molecular flexibility index (Phi) is 4.50. The molecule has 0 aliphatic carbocycles. The van der Waals surface area contributed by atoms with Gasteiger partial charge in [-0.15, -0.1) is 0 Å². The molecule has 0 saturated carbocycles. The Morgan fingerprint density at radius 2 is 2.10 bits per heavy atom. The first-order valence-electron chi connectivity index (χ1n) is 6.51. The Bertz CT molecular complexity index is 587. The summed E-state index contributed by atoms with van der Waals surface area (Å²) in [6.07, 6.45) is 3.70. The summed E-state index contributed by atoms with van der Waals surface area (Å²) in [5.74, 6) is 0.811. The molecule has 0 spiro atoms. The Balaban J connectivity index is 2.27. The molecule has 108 valence electrons. The van der Waals surface area contributed by atoms with Crippen LogP contribution >= 0.6 is 15.9 Å². The highest BCUT2D eigenvalue weighted by Crippen LogP contribution is 2.27. The second kappa shape index (κ2) is 5.97. The fourth-order valence-electron chi connectivity index (χ4n) is 1.84. The average Bonchev–Trinajstić information content (AvgIpc) is 2.84. The van der Waals surface area contributed by atoms with Crippen molar-refractivity contribution in [3.8, 4) is 11.4 Å². The number of nitrogens with zero attached hydrogens (tertiary/aromatic N) is 2. The Labute approximate surface area is 128 Å². The van der Waals surface area contributed by atoms with Crippen LogP contribution in [-0.2, 0) is 6.54 Å². The molecular formula is C15H20BrN3O. The van der Waals surface area contributed by atoms with Gasteiger partial charge in [0.05, 0.1) is 29.3 Å². The standard InChI is InChI=1S/C15H20BrN3O/c1-15(2,3)18-9-12-8-17-10-19(12)11-5-6-13(16)14(7-11)20-4/h5-8,10,18H,9H2,1-4H3. The highest BCUT2D eigenvalue weighted by molar-refractivity contribution is 9.10. The van der Waals surface area contributed by atoms with Crippen LogP contribution in [0.15, 0.2) is 35.2 Å². The SMILES string of the molecule is COc1cc(-n2cncc2CNC(C)(C)C)ccc1Br. The highest BCUT2D eigenvalue weighted by atomic mass is 79.9. The average molecular weight is 338 g/mol. The van der Waals surface area contributed by atoms with Crippen molar-refractivity contribution in [2.45, 2.75) is 32.9 Å². The molecule has 0 bridgehead atoms. The molecule has 20 heavy (non-hydrogen) atoms. The van der Waals surface area contributed by atoms with Gasteiger partial charge in [-0.05, 0) is 48.8 Å². The summed E-state index contributed by atoms with van der Waals surface area (Å²) in [5.41, 5.74) is 2.23. The predicted octanol–water partition coefficient (Wildman–Crippen LogP) is 3.53. The third-order valence-corrected chi connectivity index (χ3v) is 3.58. The lowest BCUT2D eigenvalue weighted by molar-refractivity contribution is 0.411. The van der Waals surface area contributed by atoms with Gasteiger partial charge in [0.1, 0.15) is 5.75 Å². The second-order valence-corrected chi connectivity index (χ2v) is 6.53. The predicted molar refractivity (Wildman–Crippen MR) is 84.4 cm³/mol. The summed E-state index contributed by atoms with van der Waals surface area (Å²) < 4.78 is 8.35. The maximum Gasteiger partial charge on any atom is 0.135 e. The number of rotatable bonds is 4. The van der Waals surface area contributed by atoms with Crippen molar-refractivity contribution in [3.05, 3.63) is 40.9 Å². The molecule has 0 unspecified atom stereocenters. The van der Waals surface area contributed by atoms with E-state index in [1.165, 1.54) is 0 Å². The minimum Gasteiger partial charge on any atom is -0.495 e. The lowest BCUT2D eigenvalue weighted by Gasteiger charge is -2.21. The molecular weight excluding hydrogens is 318 g/mol. The molecule has 1 aromatic carbocycles. The van der Waals surface area contributed by atoms with Gasteiger partial charge in [-0.3, -0.25) is 0 Å². The molecule has 0 amide bonds. The van der Waals surface area contributed by atoms with Crippen molar-refractivity contribution in [2.75, 3.05) is 7.11 Å². The first-order chi connectivity index (χ1) is 9.40. The van der Waals surface area contributed by atoms with Crippen molar-refractivity contribution >= 4 is 15.9 Å². The molecule has 0 saturated heterocycles. The molecule has 0 fully saturated rings. The van der Waals surface area contributed by atoms with E-state index in [2.05, 4.69) is 51.6 Å². The smallest absolute Gasteiger partial charge is 0.135 e. The highest BCUT2D eigenvalue weighted by Gasteiger charge is 2.12. The van der Waals surface area contributed by atoms with E-state index in [0.717, 1.165) is 28.1 Å². The Morgan fingerprint density at radius 1 is 1.35 bits per heavy atom. The summed E-state index contributed by atoms with van der Waals surface area (Å²) >= 11 is 3.47. The first-order valence-corrected chi connectivity index (χ1v) is 7.30. The minimum atomic E-state index is 0.0759. The topological polar surface area (TPSA) is 39.1 Å². The number of methoxy groups -OCH3 is 1. The summed E-state index contributed by atoms with van der Waals surface area (Å²) in [5, 5.41) is 3.47. The zero-order valence-corrected chi connectivity index (χ0v) is 13.9. The van der Waals surface area contributed by atoms with Crippen LogP contribution in [0.1, 0.15) is 26.5 Å². The summed E-state index contributed by atoms with van der Waals surface area (Å²) in [7, 11) is 1.67. The number of benzene rings is 1. The van der Waals surface area contributed by atoms with Crippen LogP contribution in [0.5, 0.6) is 5.75 Å².